The number of aryl methyl sites for hydroxylation is 1. The van der Waals surface area contributed by atoms with Crippen molar-refractivity contribution in [3.63, 3.8) is 0 Å². The van der Waals surface area contributed by atoms with E-state index in [-0.39, 0.29) is 23.4 Å². The minimum absolute atomic E-state index is 0.0418. The number of hydrogen-bond acceptors (Lipinski definition) is 7. The number of nitrogens with zero attached hydrogens (tertiary/aromatic N) is 3. The smallest absolute Gasteiger partial charge is 0.251 e. The molecule has 8 nitrogen and oxygen atoms in total. The molecule has 6 rings (SSSR count). The highest BCUT2D eigenvalue weighted by Crippen LogP contribution is 2.35. The van der Waals surface area contributed by atoms with Crippen molar-refractivity contribution < 1.29 is 18.6 Å². The summed E-state index contributed by atoms with van der Waals surface area (Å²) in [7, 11) is 0. The first-order valence-electron chi connectivity index (χ1n) is 12.3. The Morgan fingerprint density at radius 1 is 1.09 bits per heavy atom. The van der Waals surface area contributed by atoms with E-state index < -0.39 is 0 Å². The second-order valence-electron chi connectivity index (χ2n) is 9.41. The summed E-state index contributed by atoms with van der Waals surface area (Å²) >= 11 is 0. The first kappa shape index (κ1) is 22.5. The Morgan fingerprint density at radius 3 is 2.86 bits per heavy atom. The molecule has 9 heteroatoms. The predicted molar refractivity (Wildman–Crippen MR) is 129 cm³/mol. The molecule has 2 aromatic heterocycles. The SMILES string of the molecule is O=c1ccc2ccc(F)c3c2n1CCC3CN1CCOC(CNCc2cc3c(cn2)OCCO3)C1. The standard InChI is InChI=1S/C26H29FN4O4/c27-21-3-1-17-2-4-24(32)31-6-5-18(25(21)26(17)31)15-30-7-8-33-20(16-30)13-28-12-19-11-22-23(14-29-19)35-10-9-34-22/h1-4,11,14,18,20,28H,5-10,12-13,15-16H2. The van der Waals surface area contributed by atoms with Crippen LogP contribution >= 0.6 is 0 Å². The summed E-state index contributed by atoms with van der Waals surface area (Å²) in [6.07, 6.45) is 2.50. The zero-order valence-corrected chi connectivity index (χ0v) is 19.5. The number of rotatable bonds is 6. The number of ether oxygens (including phenoxy) is 3. The number of aromatic nitrogens is 2. The molecule has 3 aliphatic heterocycles. The Balaban J connectivity index is 1.09. The molecule has 35 heavy (non-hydrogen) atoms. The summed E-state index contributed by atoms with van der Waals surface area (Å²) in [5.74, 6) is 1.25. The van der Waals surface area contributed by atoms with Crippen molar-refractivity contribution in [2.75, 3.05) is 46.0 Å². The number of halogens is 1. The molecular formula is C26H29FN4O4. The normalized spacial score (nSPS) is 21.9. The number of morpholine rings is 1. The van der Waals surface area contributed by atoms with E-state index in [1.807, 2.05) is 6.07 Å². The van der Waals surface area contributed by atoms with Gasteiger partial charge in [0, 0.05) is 62.9 Å². The third kappa shape index (κ3) is 4.51. The average molecular weight is 481 g/mol. The fourth-order valence-electron chi connectivity index (χ4n) is 5.45. The Morgan fingerprint density at radius 2 is 1.94 bits per heavy atom. The largest absolute Gasteiger partial charge is 0.486 e. The molecule has 0 amide bonds. The maximum atomic E-state index is 15.0. The third-order valence-corrected chi connectivity index (χ3v) is 7.11. The highest BCUT2D eigenvalue weighted by molar-refractivity contribution is 5.83. The summed E-state index contributed by atoms with van der Waals surface area (Å²) in [5.41, 5.74) is 2.26. The summed E-state index contributed by atoms with van der Waals surface area (Å²) in [6, 6.07) is 8.58. The lowest BCUT2D eigenvalue weighted by Gasteiger charge is -2.37. The van der Waals surface area contributed by atoms with Crippen molar-refractivity contribution in [1.82, 2.24) is 19.8 Å². The molecule has 2 atom stereocenters. The van der Waals surface area contributed by atoms with Crippen LogP contribution < -0.4 is 20.3 Å². The van der Waals surface area contributed by atoms with Crippen LogP contribution in [-0.2, 0) is 17.8 Å². The van der Waals surface area contributed by atoms with Gasteiger partial charge in [-0.2, -0.15) is 0 Å². The molecule has 5 heterocycles. The van der Waals surface area contributed by atoms with E-state index in [1.54, 1.807) is 29.0 Å². The molecule has 3 aliphatic rings. The zero-order chi connectivity index (χ0) is 23.8. The first-order valence-corrected chi connectivity index (χ1v) is 12.3. The minimum Gasteiger partial charge on any atom is -0.486 e. The number of fused-ring (bicyclic) bond motifs is 1. The topological polar surface area (TPSA) is 77.9 Å². The van der Waals surface area contributed by atoms with E-state index in [9.17, 15) is 9.18 Å². The van der Waals surface area contributed by atoms with Crippen molar-refractivity contribution in [3.8, 4) is 11.5 Å². The summed E-state index contributed by atoms with van der Waals surface area (Å²) < 4.78 is 33.9. The van der Waals surface area contributed by atoms with E-state index >= 15 is 0 Å². The van der Waals surface area contributed by atoms with Crippen molar-refractivity contribution in [3.05, 3.63) is 64.0 Å². The number of pyridine rings is 2. The van der Waals surface area contributed by atoms with Gasteiger partial charge in [0.05, 0.1) is 30.1 Å². The van der Waals surface area contributed by atoms with Crippen LogP contribution in [-0.4, -0.2) is 66.6 Å². The molecule has 184 valence electrons. The maximum absolute atomic E-state index is 15.0. The fourth-order valence-corrected chi connectivity index (χ4v) is 5.45. The lowest BCUT2D eigenvalue weighted by Crippen LogP contribution is -2.48. The highest BCUT2D eigenvalue weighted by Gasteiger charge is 2.29. The van der Waals surface area contributed by atoms with Gasteiger partial charge in [0.2, 0.25) is 0 Å². The van der Waals surface area contributed by atoms with Crippen LogP contribution in [0.2, 0.25) is 0 Å². The van der Waals surface area contributed by atoms with Crippen LogP contribution in [0.25, 0.3) is 10.9 Å². The van der Waals surface area contributed by atoms with Crippen LogP contribution in [0.4, 0.5) is 4.39 Å². The fraction of sp³-hybridized carbons (Fsp3) is 0.462. The molecule has 0 saturated carbocycles. The van der Waals surface area contributed by atoms with Crippen LogP contribution in [0, 0.1) is 5.82 Å². The van der Waals surface area contributed by atoms with Gasteiger partial charge in [-0.25, -0.2) is 4.39 Å². The van der Waals surface area contributed by atoms with E-state index in [2.05, 4.69) is 15.2 Å². The van der Waals surface area contributed by atoms with Gasteiger partial charge in [-0.05, 0) is 30.0 Å². The molecule has 1 fully saturated rings. The molecule has 1 N–H and O–H groups in total. The monoisotopic (exact) mass is 480 g/mol. The third-order valence-electron chi connectivity index (χ3n) is 7.11. The Bertz CT molecular complexity index is 1300. The molecule has 1 saturated heterocycles. The van der Waals surface area contributed by atoms with Crippen molar-refractivity contribution in [2.45, 2.75) is 31.5 Å². The molecule has 0 bridgehead atoms. The second-order valence-corrected chi connectivity index (χ2v) is 9.41. The maximum Gasteiger partial charge on any atom is 0.251 e. The Kier molecular flexibility index (Phi) is 6.13. The Labute approximate surface area is 202 Å². The minimum atomic E-state index is -0.222. The second kappa shape index (κ2) is 9.56. The van der Waals surface area contributed by atoms with Crippen molar-refractivity contribution >= 4 is 10.9 Å². The average Bonchev–Trinajstić information content (AvgIpc) is 2.88. The summed E-state index contributed by atoms with van der Waals surface area (Å²) in [4.78, 5) is 19.2. The van der Waals surface area contributed by atoms with Crippen LogP contribution in [0.3, 0.4) is 0 Å². The van der Waals surface area contributed by atoms with E-state index in [1.165, 1.54) is 6.07 Å². The summed E-state index contributed by atoms with van der Waals surface area (Å²) in [6.45, 7) is 6.01. The molecule has 2 unspecified atom stereocenters. The number of hydrogen-bond donors (Lipinski definition) is 1. The molecular weight excluding hydrogens is 451 g/mol. The van der Waals surface area contributed by atoms with E-state index in [0.29, 0.717) is 50.8 Å². The van der Waals surface area contributed by atoms with Crippen molar-refractivity contribution in [1.29, 1.82) is 0 Å². The molecule has 1 aromatic carbocycles. The first-order chi connectivity index (χ1) is 17.2. The lowest BCUT2D eigenvalue weighted by molar-refractivity contribution is -0.0294. The van der Waals surface area contributed by atoms with Crippen LogP contribution in [0.15, 0.2) is 41.3 Å². The quantitative estimate of drug-likeness (QED) is 0.580. The Hall–Kier alpha value is -3.01. The van der Waals surface area contributed by atoms with E-state index in [0.717, 1.165) is 48.4 Å². The van der Waals surface area contributed by atoms with Gasteiger partial charge in [0.25, 0.3) is 5.56 Å². The van der Waals surface area contributed by atoms with Gasteiger partial charge < -0.3 is 24.1 Å². The lowest BCUT2D eigenvalue weighted by atomic mass is 9.89. The zero-order valence-electron chi connectivity index (χ0n) is 19.5. The molecule has 0 radical (unpaired) electrons. The van der Waals surface area contributed by atoms with Gasteiger partial charge in [-0.15, -0.1) is 0 Å². The number of benzene rings is 1. The van der Waals surface area contributed by atoms with Gasteiger partial charge in [-0.1, -0.05) is 0 Å². The summed E-state index contributed by atoms with van der Waals surface area (Å²) in [5, 5.41) is 4.36. The van der Waals surface area contributed by atoms with Gasteiger partial charge in [0.1, 0.15) is 19.0 Å². The predicted octanol–water partition coefficient (Wildman–Crippen LogP) is 2.28. The van der Waals surface area contributed by atoms with Crippen LogP contribution in [0.5, 0.6) is 11.5 Å². The van der Waals surface area contributed by atoms with Crippen LogP contribution in [0.1, 0.15) is 23.6 Å². The molecule has 0 aliphatic carbocycles. The van der Waals surface area contributed by atoms with Crippen molar-refractivity contribution in [2.24, 2.45) is 0 Å². The van der Waals surface area contributed by atoms with E-state index in [4.69, 9.17) is 14.2 Å². The number of nitrogens with one attached hydrogen (secondary N) is 1. The molecule has 0 spiro atoms. The highest BCUT2D eigenvalue weighted by atomic mass is 19.1. The molecule has 3 aromatic rings. The van der Waals surface area contributed by atoms with Gasteiger partial charge in [0.15, 0.2) is 11.5 Å². The van der Waals surface area contributed by atoms with Gasteiger partial charge >= 0.3 is 0 Å². The van der Waals surface area contributed by atoms with Gasteiger partial charge in [-0.3, -0.25) is 14.7 Å².